The molecule has 12 heavy (non-hydrogen) atoms. The summed E-state index contributed by atoms with van der Waals surface area (Å²) >= 11 is 4.02. The van der Waals surface area contributed by atoms with Crippen molar-refractivity contribution >= 4 is 12.6 Å². The van der Waals surface area contributed by atoms with Crippen molar-refractivity contribution in [2.24, 2.45) is 0 Å². The zero-order chi connectivity index (χ0) is 9.19. The second-order valence-corrected chi connectivity index (χ2v) is 3.54. The van der Waals surface area contributed by atoms with Crippen molar-refractivity contribution < 1.29 is 8.78 Å². The first-order valence-electron chi connectivity index (χ1n) is 3.91. The summed E-state index contributed by atoms with van der Waals surface area (Å²) in [5.41, 5.74) is 0.899. The largest absolute Gasteiger partial charge is 0.293 e. The Bertz CT molecular complexity index is 182. The summed E-state index contributed by atoms with van der Waals surface area (Å²) in [6, 6.07) is 0. The molecule has 4 heteroatoms. The molecule has 0 aliphatic carbocycles. The molecule has 1 aliphatic heterocycles. The van der Waals surface area contributed by atoms with Crippen molar-refractivity contribution in [3.05, 3.63) is 12.2 Å². The summed E-state index contributed by atoms with van der Waals surface area (Å²) in [7, 11) is 0. The predicted octanol–water partition coefficient (Wildman–Crippen LogP) is 1.81. The lowest BCUT2D eigenvalue weighted by Crippen LogP contribution is -2.27. The summed E-state index contributed by atoms with van der Waals surface area (Å²) in [4.78, 5) is 1.72. The van der Waals surface area contributed by atoms with E-state index in [9.17, 15) is 8.78 Å². The maximum Gasteiger partial charge on any atom is 0.261 e. The van der Waals surface area contributed by atoms with Crippen LogP contribution in [0.3, 0.4) is 0 Å². The van der Waals surface area contributed by atoms with E-state index in [1.807, 2.05) is 0 Å². The fourth-order valence-electron chi connectivity index (χ4n) is 1.31. The summed E-state index contributed by atoms with van der Waals surface area (Å²) in [6.07, 6.45) is -0.0210. The van der Waals surface area contributed by atoms with Crippen LogP contribution in [0.25, 0.3) is 0 Å². The van der Waals surface area contributed by atoms with Crippen LogP contribution in [0.2, 0.25) is 0 Å². The lowest BCUT2D eigenvalue weighted by Gasteiger charge is -2.15. The van der Waals surface area contributed by atoms with Crippen LogP contribution in [0.4, 0.5) is 8.78 Å². The number of rotatable bonds is 3. The van der Waals surface area contributed by atoms with Crippen LogP contribution in [0, 0.1) is 0 Å². The maximum absolute atomic E-state index is 12.7. The Morgan fingerprint density at radius 3 is 2.67 bits per heavy atom. The van der Waals surface area contributed by atoms with E-state index >= 15 is 0 Å². The molecule has 1 aliphatic rings. The van der Waals surface area contributed by atoms with Crippen molar-refractivity contribution in [3.63, 3.8) is 0 Å². The first-order chi connectivity index (χ1) is 5.53. The molecule has 0 N–H and O–H groups in total. The van der Waals surface area contributed by atoms with Gasteiger partial charge in [0.2, 0.25) is 0 Å². The van der Waals surface area contributed by atoms with E-state index < -0.39 is 5.92 Å². The van der Waals surface area contributed by atoms with Crippen LogP contribution in [0.15, 0.2) is 12.2 Å². The van der Waals surface area contributed by atoms with E-state index in [1.54, 1.807) is 4.90 Å². The molecule has 0 radical (unpaired) electrons. The van der Waals surface area contributed by atoms with Gasteiger partial charge in [-0.3, -0.25) is 4.90 Å². The highest BCUT2D eigenvalue weighted by Crippen LogP contribution is 2.26. The van der Waals surface area contributed by atoms with Gasteiger partial charge in [0.05, 0.1) is 6.54 Å². The highest BCUT2D eigenvalue weighted by atomic mass is 32.1. The van der Waals surface area contributed by atoms with E-state index in [0.29, 0.717) is 18.8 Å². The third-order valence-electron chi connectivity index (χ3n) is 1.92. The quantitative estimate of drug-likeness (QED) is 0.528. The molecule has 1 heterocycles. The zero-order valence-electron chi connectivity index (χ0n) is 6.89. The Balaban J connectivity index is 2.33. The standard InChI is InChI=1S/C8H13F2NS/c1-7(5-12)4-11-3-2-8(9,10)6-11/h12H,1-6H2. The van der Waals surface area contributed by atoms with Crippen molar-refractivity contribution in [2.45, 2.75) is 12.3 Å². The van der Waals surface area contributed by atoms with Crippen LogP contribution in [0.5, 0.6) is 0 Å². The molecule has 0 bridgehead atoms. The first-order valence-corrected chi connectivity index (χ1v) is 4.54. The van der Waals surface area contributed by atoms with Crippen molar-refractivity contribution in [2.75, 3.05) is 25.4 Å². The SMILES string of the molecule is C=C(CS)CN1CCC(F)(F)C1. The number of halogens is 2. The molecule has 70 valence electrons. The molecule has 1 nitrogen and oxygen atoms in total. The third kappa shape index (κ3) is 2.75. The lowest BCUT2D eigenvalue weighted by molar-refractivity contribution is 0.0131. The minimum Gasteiger partial charge on any atom is -0.293 e. The van der Waals surface area contributed by atoms with Gasteiger partial charge < -0.3 is 0 Å². The minimum atomic E-state index is -2.49. The molecular formula is C8H13F2NS. The molecule has 0 aromatic rings. The van der Waals surface area contributed by atoms with E-state index in [4.69, 9.17) is 0 Å². The van der Waals surface area contributed by atoms with Gasteiger partial charge in [0, 0.05) is 25.3 Å². The Morgan fingerprint density at radius 2 is 2.25 bits per heavy atom. The average molecular weight is 193 g/mol. The molecule has 0 aromatic heterocycles. The number of nitrogens with zero attached hydrogens (tertiary/aromatic N) is 1. The highest BCUT2D eigenvalue weighted by Gasteiger charge is 2.37. The molecular weight excluding hydrogens is 180 g/mol. The van der Waals surface area contributed by atoms with Gasteiger partial charge in [-0.05, 0) is 0 Å². The number of hydrogen-bond acceptors (Lipinski definition) is 2. The van der Waals surface area contributed by atoms with Crippen LogP contribution in [0.1, 0.15) is 6.42 Å². The molecule has 1 rings (SSSR count). The first kappa shape index (κ1) is 9.99. The molecule has 0 spiro atoms. The monoisotopic (exact) mass is 193 g/mol. The van der Waals surface area contributed by atoms with Gasteiger partial charge in [0.15, 0.2) is 0 Å². The fraction of sp³-hybridized carbons (Fsp3) is 0.750. The van der Waals surface area contributed by atoms with Gasteiger partial charge in [-0.2, -0.15) is 12.6 Å². The summed E-state index contributed by atoms with van der Waals surface area (Å²) < 4.78 is 25.3. The van der Waals surface area contributed by atoms with Crippen LogP contribution in [-0.2, 0) is 0 Å². The summed E-state index contributed by atoms with van der Waals surface area (Å²) in [5.74, 6) is -1.92. The zero-order valence-corrected chi connectivity index (χ0v) is 7.79. The fourth-order valence-corrected chi connectivity index (χ4v) is 1.41. The number of hydrogen-bond donors (Lipinski definition) is 1. The maximum atomic E-state index is 12.7. The van der Waals surface area contributed by atoms with Gasteiger partial charge in [0.25, 0.3) is 5.92 Å². The highest BCUT2D eigenvalue weighted by molar-refractivity contribution is 7.80. The molecule has 0 atom stereocenters. The van der Waals surface area contributed by atoms with E-state index in [1.165, 1.54) is 0 Å². The predicted molar refractivity (Wildman–Crippen MR) is 49.0 cm³/mol. The normalized spacial score (nSPS) is 22.9. The Labute approximate surface area is 76.8 Å². The second kappa shape index (κ2) is 3.75. The van der Waals surface area contributed by atoms with Gasteiger partial charge in [-0.15, -0.1) is 0 Å². The van der Waals surface area contributed by atoms with Crippen molar-refractivity contribution in [3.8, 4) is 0 Å². The van der Waals surface area contributed by atoms with E-state index in [0.717, 1.165) is 5.57 Å². The topological polar surface area (TPSA) is 3.24 Å². The van der Waals surface area contributed by atoms with Gasteiger partial charge >= 0.3 is 0 Å². The molecule has 0 amide bonds. The Kier molecular flexibility index (Phi) is 3.12. The average Bonchev–Trinajstić information content (AvgIpc) is 2.30. The number of thiol groups is 1. The Hall–Kier alpha value is -0.0900. The minimum absolute atomic E-state index is 0.0210. The molecule has 0 aromatic carbocycles. The van der Waals surface area contributed by atoms with Gasteiger partial charge in [-0.25, -0.2) is 8.78 Å². The van der Waals surface area contributed by atoms with E-state index in [2.05, 4.69) is 19.2 Å². The summed E-state index contributed by atoms with van der Waals surface area (Å²) in [6.45, 7) is 4.62. The van der Waals surface area contributed by atoms with Gasteiger partial charge in [0.1, 0.15) is 0 Å². The van der Waals surface area contributed by atoms with Crippen molar-refractivity contribution in [1.29, 1.82) is 0 Å². The molecule has 1 saturated heterocycles. The number of alkyl halides is 2. The van der Waals surface area contributed by atoms with E-state index in [-0.39, 0.29) is 13.0 Å². The molecule has 0 unspecified atom stereocenters. The van der Waals surface area contributed by atoms with Crippen LogP contribution in [-0.4, -0.2) is 36.2 Å². The molecule has 0 saturated carbocycles. The van der Waals surface area contributed by atoms with Gasteiger partial charge in [-0.1, -0.05) is 12.2 Å². The van der Waals surface area contributed by atoms with Crippen molar-refractivity contribution in [1.82, 2.24) is 4.90 Å². The third-order valence-corrected chi connectivity index (χ3v) is 2.37. The number of likely N-dealkylation sites (tertiary alicyclic amines) is 1. The van der Waals surface area contributed by atoms with Crippen LogP contribution < -0.4 is 0 Å². The molecule has 1 fully saturated rings. The Morgan fingerprint density at radius 1 is 1.58 bits per heavy atom. The second-order valence-electron chi connectivity index (χ2n) is 3.22. The lowest BCUT2D eigenvalue weighted by atomic mass is 10.3. The summed E-state index contributed by atoms with van der Waals surface area (Å²) in [5, 5.41) is 0. The smallest absolute Gasteiger partial charge is 0.261 e. The van der Waals surface area contributed by atoms with Crippen LogP contribution >= 0.6 is 12.6 Å².